The summed E-state index contributed by atoms with van der Waals surface area (Å²) >= 11 is 0. The van der Waals surface area contributed by atoms with Crippen LogP contribution in [0.15, 0.2) is 48.8 Å². The Bertz CT molecular complexity index is 955. The predicted octanol–water partition coefficient (Wildman–Crippen LogP) is 2.86. The fourth-order valence-electron chi connectivity index (χ4n) is 3.44. The monoisotopic (exact) mass is 342 g/mol. The Morgan fingerprint density at radius 3 is 2.88 bits per heavy atom. The van der Waals surface area contributed by atoms with Gasteiger partial charge in [0.15, 0.2) is 0 Å². The summed E-state index contributed by atoms with van der Waals surface area (Å²) in [7, 11) is 0. The van der Waals surface area contributed by atoms with E-state index in [4.69, 9.17) is 5.73 Å². The lowest BCUT2D eigenvalue weighted by atomic mass is 10.0. The lowest BCUT2D eigenvalue weighted by Gasteiger charge is -2.27. The maximum Gasteiger partial charge on any atom is 0.252 e. The van der Waals surface area contributed by atoms with Gasteiger partial charge in [-0.2, -0.15) is 5.10 Å². The number of hydrogen-bond donors (Lipinski definition) is 1. The van der Waals surface area contributed by atoms with Gasteiger partial charge < -0.3 is 10.6 Å². The van der Waals surface area contributed by atoms with Crippen molar-refractivity contribution >= 4 is 17.1 Å². The van der Waals surface area contributed by atoms with Crippen molar-refractivity contribution in [1.82, 2.24) is 9.61 Å². The summed E-state index contributed by atoms with van der Waals surface area (Å²) in [6.45, 7) is 0.206. The molecular weight excluding hydrogens is 326 g/mol. The molecule has 0 saturated carbocycles. The van der Waals surface area contributed by atoms with Crippen molar-refractivity contribution in [3.8, 4) is 0 Å². The molecule has 2 aromatic heterocycles. The molecule has 1 amide bonds. The lowest BCUT2D eigenvalue weighted by molar-refractivity contribution is 0.100. The topological polar surface area (TPSA) is 63.6 Å². The van der Waals surface area contributed by atoms with E-state index in [1.807, 2.05) is 4.90 Å². The van der Waals surface area contributed by atoms with Crippen molar-refractivity contribution < 1.29 is 13.6 Å². The Balaban J connectivity index is 1.77. The number of nitrogens with zero attached hydrogens (tertiary/aromatic N) is 3. The van der Waals surface area contributed by atoms with Gasteiger partial charge in [-0.3, -0.25) is 4.79 Å². The van der Waals surface area contributed by atoms with Crippen molar-refractivity contribution in [2.45, 2.75) is 18.6 Å². The molecule has 25 heavy (non-hydrogen) atoms. The lowest BCUT2D eigenvalue weighted by Crippen LogP contribution is -2.24. The number of primary amides is 1. The quantitative estimate of drug-likeness (QED) is 0.796. The van der Waals surface area contributed by atoms with Crippen molar-refractivity contribution in [3.63, 3.8) is 0 Å². The molecule has 3 heterocycles. The van der Waals surface area contributed by atoms with Crippen LogP contribution in [0.3, 0.4) is 0 Å². The Labute approximate surface area is 142 Å². The molecular formula is C18H16F2N4O. The van der Waals surface area contributed by atoms with Gasteiger partial charge in [0.2, 0.25) is 0 Å². The number of hydrogen-bond acceptors (Lipinski definition) is 3. The first-order chi connectivity index (χ1) is 12.0. The van der Waals surface area contributed by atoms with E-state index in [9.17, 15) is 13.6 Å². The van der Waals surface area contributed by atoms with E-state index < -0.39 is 12.1 Å². The first-order valence-corrected chi connectivity index (χ1v) is 7.96. The fraction of sp³-hybridized carbons (Fsp3) is 0.222. The molecule has 3 aromatic rings. The molecule has 1 aliphatic heterocycles. The number of halogens is 2. The molecule has 1 aliphatic rings. The van der Waals surface area contributed by atoms with Crippen molar-refractivity contribution in [2.75, 3.05) is 11.4 Å². The van der Waals surface area contributed by atoms with Gasteiger partial charge in [0.25, 0.3) is 5.91 Å². The van der Waals surface area contributed by atoms with Gasteiger partial charge in [-0.25, -0.2) is 13.3 Å². The second-order valence-corrected chi connectivity index (χ2v) is 6.19. The van der Waals surface area contributed by atoms with E-state index in [0.717, 1.165) is 11.3 Å². The minimum Gasteiger partial charge on any atom is -0.365 e. The molecule has 0 aliphatic carbocycles. The number of amides is 1. The molecule has 1 saturated heterocycles. The third-order valence-corrected chi connectivity index (χ3v) is 4.59. The van der Waals surface area contributed by atoms with Gasteiger partial charge in [-0.15, -0.1) is 0 Å². The number of carbonyl (C=O) groups is 1. The Hall–Kier alpha value is -2.96. The van der Waals surface area contributed by atoms with E-state index in [1.165, 1.54) is 18.3 Å². The smallest absolute Gasteiger partial charge is 0.252 e. The van der Waals surface area contributed by atoms with Crippen LogP contribution < -0.4 is 10.6 Å². The molecule has 2 atom stereocenters. The van der Waals surface area contributed by atoms with Gasteiger partial charge in [0, 0.05) is 24.8 Å². The van der Waals surface area contributed by atoms with Crippen LogP contribution >= 0.6 is 0 Å². The highest BCUT2D eigenvalue weighted by Gasteiger charge is 2.33. The minimum absolute atomic E-state index is 0.206. The third-order valence-electron chi connectivity index (χ3n) is 4.59. The number of aromatic nitrogens is 2. The highest BCUT2D eigenvalue weighted by molar-refractivity contribution is 5.99. The van der Waals surface area contributed by atoms with Gasteiger partial charge in [-0.1, -0.05) is 12.1 Å². The van der Waals surface area contributed by atoms with Crippen LogP contribution in [0.1, 0.15) is 28.4 Å². The summed E-state index contributed by atoms with van der Waals surface area (Å²) in [5.74, 6) is -0.916. The number of benzene rings is 1. The zero-order valence-electron chi connectivity index (χ0n) is 13.3. The zero-order chi connectivity index (χ0) is 17.6. The maximum atomic E-state index is 14.1. The van der Waals surface area contributed by atoms with E-state index >= 15 is 0 Å². The molecule has 1 aromatic carbocycles. The second-order valence-electron chi connectivity index (χ2n) is 6.19. The number of anilines is 1. The van der Waals surface area contributed by atoms with Crippen LogP contribution in [-0.2, 0) is 0 Å². The third kappa shape index (κ3) is 2.71. The first-order valence-electron chi connectivity index (χ1n) is 7.96. The van der Waals surface area contributed by atoms with E-state index in [0.29, 0.717) is 11.1 Å². The highest BCUT2D eigenvalue weighted by atomic mass is 19.1. The zero-order valence-corrected chi connectivity index (χ0v) is 13.3. The average Bonchev–Trinajstić information content (AvgIpc) is 3.17. The van der Waals surface area contributed by atoms with E-state index in [-0.39, 0.29) is 24.8 Å². The molecule has 5 nitrogen and oxygen atoms in total. The SMILES string of the molecule is NC(=O)c1cnn2ccc(N3CC(F)CC3c3cccc(F)c3)cc12. The van der Waals surface area contributed by atoms with E-state index in [2.05, 4.69) is 5.10 Å². The molecule has 0 radical (unpaired) electrons. The summed E-state index contributed by atoms with van der Waals surface area (Å²) in [5, 5.41) is 4.09. The van der Waals surface area contributed by atoms with Crippen LogP contribution in [-0.4, -0.2) is 28.2 Å². The number of fused-ring (bicyclic) bond motifs is 1. The van der Waals surface area contributed by atoms with Gasteiger partial charge >= 0.3 is 0 Å². The van der Waals surface area contributed by atoms with Crippen molar-refractivity contribution in [1.29, 1.82) is 0 Å². The molecule has 2 N–H and O–H groups in total. The number of alkyl halides is 1. The Morgan fingerprint density at radius 2 is 2.12 bits per heavy atom. The van der Waals surface area contributed by atoms with Gasteiger partial charge in [0.05, 0.1) is 23.3 Å². The predicted molar refractivity (Wildman–Crippen MR) is 89.7 cm³/mol. The molecule has 1 fully saturated rings. The number of rotatable bonds is 3. The van der Waals surface area contributed by atoms with E-state index in [1.54, 1.807) is 35.0 Å². The van der Waals surface area contributed by atoms with Crippen molar-refractivity contribution in [3.05, 3.63) is 65.7 Å². The Morgan fingerprint density at radius 1 is 1.28 bits per heavy atom. The second kappa shape index (κ2) is 5.84. The number of nitrogens with two attached hydrogens (primary N) is 1. The fourth-order valence-corrected chi connectivity index (χ4v) is 3.44. The molecule has 2 unspecified atom stereocenters. The normalized spacial score (nSPS) is 20.3. The summed E-state index contributed by atoms with van der Waals surface area (Å²) in [5.41, 5.74) is 7.71. The van der Waals surface area contributed by atoms with Crippen molar-refractivity contribution in [2.24, 2.45) is 5.73 Å². The molecule has 0 bridgehead atoms. The molecule has 128 valence electrons. The molecule has 0 spiro atoms. The summed E-state index contributed by atoms with van der Waals surface area (Å²) in [4.78, 5) is 13.4. The van der Waals surface area contributed by atoms with Gasteiger partial charge in [-0.05, 0) is 29.8 Å². The average molecular weight is 342 g/mol. The maximum absolute atomic E-state index is 14.1. The van der Waals surface area contributed by atoms with Crippen LogP contribution in [0.5, 0.6) is 0 Å². The number of pyridine rings is 1. The molecule has 4 rings (SSSR count). The number of carbonyl (C=O) groups excluding carboxylic acids is 1. The minimum atomic E-state index is -1.01. The summed E-state index contributed by atoms with van der Waals surface area (Å²) < 4.78 is 29.3. The summed E-state index contributed by atoms with van der Waals surface area (Å²) in [6, 6.07) is 9.51. The highest BCUT2D eigenvalue weighted by Crippen LogP contribution is 2.38. The first kappa shape index (κ1) is 15.6. The van der Waals surface area contributed by atoms with Crippen LogP contribution in [0.4, 0.5) is 14.5 Å². The molecule has 7 heteroatoms. The van der Waals surface area contributed by atoms with Crippen LogP contribution in [0, 0.1) is 5.82 Å². The summed E-state index contributed by atoms with van der Waals surface area (Å²) in [6.07, 6.45) is 2.39. The van der Waals surface area contributed by atoms with Crippen LogP contribution in [0.25, 0.3) is 5.52 Å². The van der Waals surface area contributed by atoms with Crippen LogP contribution in [0.2, 0.25) is 0 Å². The largest absolute Gasteiger partial charge is 0.365 e. The standard InChI is InChI=1S/C18H16F2N4O/c19-12-3-1-2-11(6-12)16-7-13(20)10-23(16)14-4-5-24-17(8-14)15(9-22-24)18(21)25/h1-6,8-9,13,16H,7,10H2,(H2,21,25). The Kier molecular flexibility index (Phi) is 3.63. The van der Waals surface area contributed by atoms with Gasteiger partial charge in [0.1, 0.15) is 12.0 Å².